The molecule has 1 saturated heterocycles. The Kier molecular flexibility index (Phi) is 4.51. The number of hydrogen-bond acceptors (Lipinski definition) is 5. The van der Waals surface area contributed by atoms with Crippen molar-refractivity contribution in [1.82, 2.24) is 20.6 Å². The van der Waals surface area contributed by atoms with Gasteiger partial charge in [-0.15, -0.1) is 0 Å². The number of fused-ring (bicyclic) bond motifs is 1. The van der Waals surface area contributed by atoms with Crippen LogP contribution in [0.4, 0.5) is 14.6 Å². The van der Waals surface area contributed by atoms with Gasteiger partial charge in [-0.2, -0.15) is 0 Å². The standard InChI is InChI=1S/C18H17F2N5OS/c19-18(20)5-6-21-13(7-18)12-4-2-1-3-11(12)8-25-14(9-27)24-17(26)15-16(25)23-10-22-15/h1-4,10,13,21H,5-8H2,(H,22,23)(H,24,26). The van der Waals surface area contributed by atoms with E-state index < -0.39 is 12.0 Å². The summed E-state index contributed by atoms with van der Waals surface area (Å²) < 4.78 is 27.8. The van der Waals surface area contributed by atoms with E-state index in [1.165, 1.54) is 6.33 Å². The molecule has 1 atom stereocenters. The molecule has 27 heavy (non-hydrogen) atoms. The Morgan fingerprint density at radius 3 is 2.96 bits per heavy atom. The number of nitrogens with zero attached hydrogens (tertiary/aromatic N) is 2. The number of imidazole rings is 1. The van der Waals surface area contributed by atoms with Gasteiger partial charge in [-0.25, -0.2) is 13.8 Å². The SMILES string of the molecule is O=C1NC(=C=S)N(Cc2ccccc2C2CC(F)(F)CCN2)c2nc[nH]c21. The van der Waals surface area contributed by atoms with Crippen molar-refractivity contribution in [3.05, 3.63) is 53.2 Å². The van der Waals surface area contributed by atoms with Gasteiger partial charge in [0.15, 0.2) is 11.6 Å². The van der Waals surface area contributed by atoms with E-state index in [9.17, 15) is 13.6 Å². The van der Waals surface area contributed by atoms with Crippen LogP contribution in [0.5, 0.6) is 0 Å². The lowest BCUT2D eigenvalue weighted by molar-refractivity contribution is -0.0416. The molecule has 1 aromatic carbocycles. The highest BCUT2D eigenvalue weighted by molar-refractivity contribution is 7.78. The molecule has 4 rings (SSSR count). The molecule has 6 nitrogen and oxygen atoms in total. The molecule has 0 bridgehead atoms. The van der Waals surface area contributed by atoms with E-state index in [2.05, 4.69) is 25.6 Å². The largest absolute Gasteiger partial charge is 0.339 e. The number of alkyl halides is 2. The molecular formula is C18H17F2N5OS. The minimum atomic E-state index is -2.68. The molecule has 2 aliphatic rings. The van der Waals surface area contributed by atoms with Crippen LogP contribution in [0.3, 0.4) is 0 Å². The number of rotatable bonds is 3. The molecule has 1 fully saturated rings. The minimum Gasteiger partial charge on any atom is -0.339 e. The van der Waals surface area contributed by atoms with Gasteiger partial charge in [0.1, 0.15) is 5.69 Å². The van der Waals surface area contributed by atoms with Crippen LogP contribution >= 0.6 is 12.2 Å². The van der Waals surface area contributed by atoms with E-state index in [-0.39, 0.29) is 25.3 Å². The predicted molar refractivity (Wildman–Crippen MR) is 99.7 cm³/mol. The third-order valence-electron chi connectivity index (χ3n) is 4.84. The van der Waals surface area contributed by atoms with Gasteiger partial charge in [0.25, 0.3) is 11.8 Å². The molecule has 2 aliphatic heterocycles. The molecular weight excluding hydrogens is 372 g/mol. The molecule has 2 aromatic rings. The maximum Gasteiger partial charge on any atom is 0.277 e. The topological polar surface area (TPSA) is 73.1 Å². The van der Waals surface area contributed by atoms with Crippen LogP contribution in [0.15, 0.2) is 36.4 Å². The second-order valence-corrected chi connectivity index (χ2v) is 6.81. The Morgan fingerprint density at radius 1 is 1.37 bits per heavy atom. The lowest BCUT2D eigenvalue weighted by atomic mass is 9.91. The number of carbonyl (C=O) groups is 1. The maximum absolute atomic E-state index is 13.9. The second-order valence-electron chi connectivity index (χ2n) is 6.61. The Labute approximate surface area is 159 Å². The number of carbonyl (C=O) groups excluding carboxylic acids is 1. The summed E-state index contributed by atoms with van der Waals surface area (Å²) in [5, 5.41) is 8.41. The summed E-state index contributed by atoms with van der Waals surface area (Å²) in [4.78, 5) is 20.8. The summed E-state index contributed by atoms with van der Waals surface area (Å²) in [7, 11) is 0. The zero-order chi connectivity index (χ0) is 19.0. The fourth-order valence-corrected chi connectivity index (χ4v) is 3.71. The van der Waals surface area contributed by atoms with E-state index in [0.717, 1.165) is 11.1 Å². The zero-order valence-corrected chi connectivity index (χ0v) is 15.1. The first kappa shape index (κ1) is 17.8. The molecule has 0 aliphatic carbocycles. The van der Waals surface area contributed by atoms with E-state index >= 15 is 0 Å². The number of hydrogen-bond donors (Lipinski definition) is 3. The first-order valence-electron chi connectivity index (χ1n) is 8.55. The number of H-pyrrole nitrogens is 1. The number of aromatic amines is 1. The third-order valence-corrected chi connectivity index (χ3v) is 5.04. The summed E-state index contributed by atoms with van der Waals surface area (Å²) in [6, 6.07) is 6.98. The van der Waals surface area contributed by atoms with Gasteiger partial charge in [0, 0.05) is 25.4 Å². The van der Waals surface area contributed by atoms with Crippen LogP contribution in [0.1, 0.15) is 40.5 Å². The Hall–Kier alpha value is -2.61. The highest BCUT2D eigenvalue weighted by Crippen LogP contribution is 2.36. The van der Waals surface area contributed by atoms with Gasteiger partial charge >= 0.3 is 0 Å². The quantitative estimate of drug-likeness (QED) is 0.704. The van der Waals surface area contributed by atoms with Gasteiger partial charge in [-0.1, -0.05) is 24.3 Å². The van der Waals surface area contributed by atoms with Gasteiger partial charge in [-0.3, -0.25) is 15.0 Å². The Morgan fingerprint density at radius 2 is 2.19 bits per heavy atom. The summed E-state index contributed by atoms with van der Waals surface area (Å²) >= 11 is 4.92. The number of amides is 1. The summed E-state index contributed by atoms with van der Waals surface area (Å²) in [6.45, 7) is 0.581. The van der Waals surface area contributed by atoms with Crippen molar-refractivity contribution < 1.29 is 13.6 Å². The number of halogens is 2. The number of thiocarbonyl (C=S) groups is 1. The highest BCUT2D eigenvalue weighted by Gasteiger charge is 2.37. The van der Waals surface area contributed by atoms with E-state index in [1.54, 1.807) is 4.90 Å². The van der Waals surface area contributed by atoms with Gasteiger partial charge in [-0.05, 0) is 28.4 Å². The highest BCUT2D eigenvalue weighted by atomic mass is 32.1. The first-order chi connectivity index (χ1) is 13.0. The van der Waals surface area contributed by atoms with Crippen molar-refractivity contribution in [2.45, 2.75) is 31.4 Å². The Bertz CT molecular complexity index is 937. The Balaban J connectivity index is 1.69. The van der Waals surface area contributed by atoms with Crippen molar-refractivity contribution in [2.75, 3.05) is 11.4 Å². The van der Waals surface area contributed by atoms with Crippen molar-refractivity contribution in [3.63, 3.8) is 0 Å². The summed E-state index contributed by atoms with van der Waals surface area (Å²) in [5.74, 6) is -2.28. The molecule has 0 spiro atoms. The lowest BCUT2D eigenvalue weighted by Gasteiger charge is -2.33. The minimum absolute atomic E-state index is 0.155. The fraction of sp³-hybridized carbons (Fsp3) is 0.333. The van der Waals surface area contributed by atoms with Gasteiger partial charge in [0.05, 0.1) is 12.9 Å². The molecule has 3 heterocycles. The van der Waals surface area contributed by atoms with Crippen LogP contribution in [0, 0.1) is 0 Å². The zero-order valence-electron chi connectivity index (χ0n) is 14.3. The first-order valence-corrected chi connectivity index (χ1v) is 8.96. The fourth-order valence-electron chi connectivity index (χ4n) is 3.55. The summed E-state index contributed by atoms with van der Waals surface area (Å²) in [5.41, 5.74) is 1.97. The molecule has 0 radical (unpaired) electrons. The van der Waals surface area contributed by atoms with Crippen molar-refractivity contribution in [1.29, 1.82) is 0 Å². The monoisotopic (exact) mass is 389 g/mol. The predicted octanol–water partition coefficient (Wildman–Crippen LogP) is 2.66. The van der Waals surface area contributed by atoms with E-state index in [4.69, 9.17) is 12.2 Å². The molecule has 1 unspecified atom stereocenters. The van der Waals surface area contributed by atoms with Gasteiger partial charge in [0.2, 0.25) is 0 Å². The molecule has 9 heteroatoms. The molecule has 140 valence electrons. The summed E-state index contributed by atoms with van der Waals surface area (Å²) in [6.07, 6.45) is 1.03. The second kappa shape index (κ2) is 6.84. The third kappa shape index (κ3) is 3.37. The van der Waals surface area contributed by atoms with Crippen LogP contribution in [0.2, 0.25) is 0 Å². The van der Waals surface area contributed by atoms with Crippen LogP contribution in [-0.2, 0) is 6.54 Å². The molecule has 3 N–H and O–H groups in total. The van der Waals surface area contributed by atoms with Gasteiger partial charge < -0.3 is 10.3 Å². The maximum atomic E-state index is 13.9. The van der Waals surface area contributed by atoms with Crippen LogP contribution in [-0.4, -0.2) is 33.4 Å². The molecule has 1 amide bonds. The van der Waals surface area contributed by atoms with E-state index in [0.29, 0.717) is 23.9 Å². The number of piperidine rings is 1. The van der Waals surface area contributed by atoms with Crippen molar-refractivity contribution in [3.8, 4) is 0 Å². The van der Waals surface area contributed by atoms with Crippen LogP contribution < -0.4 is 15.5 Å². The van der Waals surface area contributed by atoms with Crippen molar-refractivity contribution in [2.24, 2.45) is 0 Å². The van der Waals surface area contributed by atoms with Crippen molar-refractivity contribution >= 4 is 29.0 Å². The number of benzene rings is 1. The van der Waals surface area contributed by atoms with Crippen LogP contribution in [0.25, 0.3) is 0 Å². The molecule has 1 aromatic heterocycles. The lowest BCUT2D eigenvalue weighted by Crippen LogP contribution is -2.42. The number of nitrogens with one attached hydrogen (secondary N) is 3. The normalized spacial score (nSPS) is 21.4. The average molecular weight is 389 g/mol. The number of anilines is 1. The molecule has 0 saturated carbocycles. The average Bonchev–Trinajstić information content (AvgIpc) is 3.14. The van der Waals surface area contributed by atoms with E-state index in [1.807, 2.05) is 24.3 Å². The smallest absolute Gasteiger partial charge is 0.277 e. The number of aromatic nitrogens is 2.